The summed E-state index contributed by atoms with van der Waals surface area (Å²) >= 11 is 0. The molecule has 1 aromatic heterocycles. The van der Waals surface area contributed by atoms with Crippen molar-refractivity contribution in [3.8, 4) is 11.1 Å². The van der Waals surface area contributed by atoms with Crippen molar-refractivity contribution in [3.63, 3.8) is 0 Å². The fourth-order valence-electron chi connectivity index (χ4n) is 4.15. The summed E-state index contributed by atoms with van der Waals surface area (Å²) in [5, 5.41) is 10.7. The predicted molar refractivity (Wildman–Crippen MR) is 101 cm³/mol. The summed E-state index contributed by atoms with van der Waals surface area (Å²) < 4.78 is 2.41. The lowest BCUT2D eigenvalue weighted by molar-refractivity contribution is -0.142. The maximum Gasteiger partial charge on any atom is 0.306 e. The van der Waals surface area contributed by atoms with Gasteiger partial charge in [-0.3, -0.25) is 4.79 Å². The van der Waals surface area contributed by atoms with E-state index in [0.717, 1.165) is 25.8 Å². The second kappa shape index (κ2) is 6.40. The summed E-state index contributed by atoms with van der Waals surface area (Å²) in [6.07, 6.45) is 3.34. The highest BCUT2D eigenvalue weighted by Gasteiger charge is 2.29. The number of fused-ring (bicyclic) bond motifs is 3. The Balaban J connectivity index is 1.89. The van der Waals surface area contributed by atoms with E-state index >= 15 is 0 Å². The van der Waals surface area contributed by atoms with Gasteiger partial charge in [-0.25, -0.2) is 0 Å². The van der Waals surface area contributed by atoms with E-state index in [0.29, 0.717) is 6.42 Å². The highest BCUT2D eigenvalue weighted by molar-refractivity contribution is 5.90. The zero-order valence-corrected chi connectivity index (χ0v) is 14.5. The van der Waals surface area contributed by atoms with Crippen molar-refractivity contribution < 1.29 is 9.90 Å². The van der Waals surface area contributed by atoms with E-state index in [1.807, 2.05) is 6.07 Å². The number of hydrogen-bond donors (Lipinski definition) is 1. The summed E-state index contributed by atoms with van der Waals surface area (Å²) in [6.45, 7) is 3.19. The molecule has 0 fully saturated rings. The van der Waals surface area contributed by atoms with Gasteiger partial charge in [0.25, 0.3) is 0 Å². The number of aryl methyl sites for hydroxylation is 1. The summed E-state index contributed by atoms with van der Waals surface area (Å²) in [4.78, 5) is 11.5. The molecule has 1 unspecified atom stereocenters. The van der Waals surface area contributed by atoms with Gasteiger partial charge in [0.1, 0.15) is 0 Å². The van der Waals surface area contributed by atoms with Gasteiger partial charge in [-0.15, -0.1) is 0 Å². The molecule has 0 amide bonds. The van der Waals surface area contributed by atoms with Gasteiger partial charge in [0.2, 0.25) is 0 Å². The van der Waals surface area contributed by atoms with Crippen LogP contribution in [0.15, 0.2) is 48.5 Å². The van der Waals surface area contributed by atoms with E-state index in [1.54, 1.807) is 0 Å². The molecular formula is C22H23NO2. The number of rotatable bonds is 4. The number of hydrogen-bond acceptors (Lipinski definition) is 1. The van der Waals surface area contributed by atoms with E-state index in [1.165, 1.54) is 33.3 Å². The van der Waals surface area contributed by atoms with E-state index in [4.69, 9.17) is 0 Å². The first-order chi connectivity index (χ1) is 12.2. The lowest BCUT2D eigenvalue weighted by Crippen LogP contribution is -2.23. The van der Waals surface area contributed by atoms with Crippen molar-refractivity contribution in [1.29, 1.82) is 0 Å². The Kier molecular flexibility index (Phi) is 4.08. The summed E-state index contributed by atoms with van der Waals surface area (Å²) in [7, 11) is 0. The predicted octanol–water partition coefficient (Wildman–Crippen LogP) is 4.91. The van der Waals surface area contributed by atoms with Crippen LogP contribution in [0.5, 0.6) is 0 Å². The Hall–Kier alpha value is -2.55. The zero-order chi connectivity index (χ0) is 17.4. The minimum atomic E-state index is -0.666. The van der Waals surface area contributed by atoms with Crippen molar-refractivity contribution in [2.75, 3.05) is 0 Å². The minimum absolute atomic E-state index is 0.256. The molecule has 1 atom stereocenters. The standard InChI is InChI=1S/C22H23NO2/c1-2-12-23-20-10-8-16(15-6-4-3-5-7-15)13-18(20)19-14-17(22(24)25)9-11-21(19)23/h3-8,10,13,17H,2,9,11-12,14H2,1H3,(H,24,25). The average Bonchev–Trinajstić information content (AvgIpc) is 2.95. The van der Waals surface area contributed by atoms with Crippen molar-refractivity contribution in [2.24, 2.45) is 5.92 Å². The molecule has 0 saturated heterocycles. The maximum atomic E-state index is 11.5. The summed E-state index contributed by atoms with van der Waals surface area (Å²) in [5.41, 5.74) is 6.24. The Labute approximate surface area is 147 Å². The molecule has 128 valence electrons. The number of aromatic nitrogens is 1. The average molecular weight is 333 g/mol. The van der Waals surface area contributed by atoms with Gasteiger partial charge in [-0.2, -0.15) is 0 Å². The van der Waals surface area contributed by atoms with Crippen molar-refractivity contribution in [1.82, 2.24) is 4.57 Å². The molecule has 3 heteroatoms. The smallest absolute Gasteiger partial charge is 0.306 e. The topological polar surface area (TPSA) is 42.2 Å². The third kappa shape index (κ3) is 2.74. The molecule has 2 aromatic carbocycles. The van der Waals surface area contributed by atoms with Crippen LogP contribution in [0.3, 0.4) is 0 Å². The second-order valence-corrected chi connectivity index (χ2v) is 6.95. The molecule has 0 bridgehead atoms. The van der Waals surface area contributed by atoms with Gasteiger partial charge in [0.15, 0.2) is 0 Å². The first-order valence-electron chi connectivity index (χ1n) is 9.11. The van der Waals surface area contributed by atoms with Crippen LogP contribution in [0.4, 0.5) is 0 Å². The van der Waals surface area contributed by atoms with Gasteiger partial charge in [0.05, 0.1) is 5.92 Å². The number of nitrogens with zero attached hydrogens (tertiary/aromatic N) is 1. The lowest BCUT2D eigenvalue weighted by Gasteiger charge is -2.21. The van der Waals surface area contributed by atoms with Crippen molar-refractivity contribution in [2.45, 2.75) is 39.2 Å². The Bertz CT molecular complexity index is 924. The number of carboxylic acid groups (broad SMARTS) is 1. The van der Waals surface area contributed by atoms with Crippen LogP contribution in [0.25, 0.3) is 22.0 Å². The number of aliphatic carboxylic acids is 1. The van der Waals surface area contributed by atoms with Crippen LogP contribution >= 0.6 is 0 Å². The molecule has 25 heavy (non-hydrogen) atoms. The lowest BCUT2D eigenvalue weighted by atomic mass is 9.86. The molecule has 1 aliphatic rings. The normalized spacial score (nSPS) is 16.8. The maximum absolute atomic E-state index is 11.5. The molecule has 1 N–H and O–H groups in total. The van der Waals surface area contributed by atoms with Crippen LogP contribution in [0.1, 0.15) is 31.0 Å². The second-order valence-electron chi connectivity index (χ2n) is 6.95. The highest BCUT2D eigenvalue weighted by atomic mass is 16.4. The monoisotopic (exact) mass is 333 g/mol. The number of carboxylic acids is 1. The number of carbonyl (C=O) groups is 1. The third-order valence-electron chi connectivity index (χ3n) is 5.37. The Morgan fingerprint density at radius 1 is 1.16 bits per heavy atom. The van der Waals surface area contributed by atoms with Crippen LogP contribution in [-0.4, -0.2) is 15.6 Å². The van der Waals surface area contributed by atoms with E-state index in [9.17, 15) is 9.90 Å². The number of benzene rings is 2. The zero-order valence-electron chi connectivity index (χ0n) is 14.5. The quantitative estimate of drug-likeness (QED) is 0.737. The molecule has 0 spiro atoms. The van der Waals surface area contributed by atoms with Crippen LogP contribution in [-0.2, 0) is 24.2 Å². The van der Waals surface area contributed by atoms with Gasteiger partial charge in [0, 0.05) is 23.1 Å². The first-order valence-corrected chi connectivity index (χ1v) is 9.11. The Morgan fingerprint density at radius 3 is 2.68 bits per heavy atom. The van der Waals surface area contributed by atoms with Gasteiger partial charge >= 0.3 is 5.97 Å². The molecule has 1 aliphatic carbocycles. The van der Waals surface area contributed by atoms with E-state index in [-0.39, 0.29) is 5.92 Å². The largest absolute Gasteiger partial charge is 0.481 e. The molecule has 4 rings (SSSR count). The third-order valence-corrected chi connectivity index (χ3v) is 5.37. The Morgan fingerprint density at radius 2 is 1.96 bits per heavy atom. The van der Waals surface area contributed by atoms with E-state index < -0.39 is 5.97 Å². The van der Waals surface area contributed by atoms with Gasteiger partial charge < -0.3 is 9.67 Å². The highest BCUT2D eigenvalue weighted by Crippen LogP contribution is 2.36. The van der Waals surface area contributed by atoms with E-state index in [2.05, 4.69) is 54.0 Å². The van der Waals surface area contributed by atoms with Crippen LogP contribution in [0.2, 0.25) is 0 Å². The molecule has 3 aromatic rings. The molecular weight excluding hydrogens is 310 g/mol. The van der Waals surface area contributed by atoms with Crippen LogP contribution in [0, 0.1) is 5.92 Å². The first kappa shape index (κ1) is 15.9. The van der Waals surface area contributed by atoms with Crippen molar-refractivity contribution in [3.05, 3.63) is 59.8 Å². The SMILES string of the molecule is CCCn1c2c(c3cc(-c4ccccc4)ccc31)CC(C(=O)O)CC2. The van der Waals surface area contributed by atoms with Gasteiger partial charge in [-0.05, 0) is 54.5 Å². The summed E-state index contributed by atoms with van der Waals surface area (Å²) in [6, 6.07) is 17.0. The molecule has 1 heterocycles. The van der Waals surface area contributed by atoms with Crippen LogP contribution < -0.4 is 0 Å². The van der Waals surface area contributed by atoms with Crippen molar-refractivity contribution >= 4 is 16.9 Å². The molecule has 3 nitrogen and oxygen atoms in total. The fourth-order valence-corrected chi connectivity index (χ4v) is 4.15. The fraction of sp³-hybridized carbons (Fsp3) is 0.318. The molecule has 0 radical (unpaired) electrons. The molecule has 0 saturated carbocycles. The molecule has 0 aliphatic heterocycles. The van der Waals surface area contributed by atoms with Gasteiger partial charge in [-0.1, -0.05) is 43.3 Å². The minimum Gasteiger partial charge on any atom is -0.481 e. The summed E-state index contributed by atoms with van der Waals surface area (Å²) in [5.74, 6) is -0.921.